The smallest absolute Gasteiger partial charge is 0.349 e. The number of aromatic nitrogens is 1. The van der Waals surface area contributed by atoms with Gasteiger partial charge in [0.1, 0.15) is 5.69 Å². The molecule has 0 aliphatic heterocycles. The Morgan fingerprint density at radius 2 is 1.92 bits per heavy atom. The Morgan fingerprint density at radius 1 is 1.21 bits per heavy atom. The molecule has 2 aromatic carbocycles. The van der Waals surface area contributed by atoms with Gasteiger partial charge in [-0.3, -0.25) is 14.9 Å². The van der Waals surface area contributed by atoms with Crippen molar-refractivity contribution >= 4 is 39.6 Å². The second-order valence-corrected chi connectivity index (χ2v) is 5.86. The standard InChI is InChI=1S/C17H14ClN3O3/c1-10-7-8-11(9-13(10)18)19-15-12-5-3-4-6-14(12)20(2)17(22)16(15)21(23)24/h3-9,19H,1-2H3. The number of pyridine rings is 1. The fourth-order valence-electron chi connectivity index (χ4n) is 2.59. The normalized spacial score (nSPS) is 10.8. The zero-order valence-corrected chi connectivity index (χ0v) is 13.8. The lowest BCUT2D eigenvalue weighted by Crippen LogP contribution is -2.21. The molecule has 0 radical (unpaired) electrons. The summed E-state index contributed by atoms with van der Waals surface area (Å²) in [5, 5.41) is 15.6. The molecule has 0 saturated carbocycles. The topological polar surface area (TPSA) is 77.2 Å². The molecule has 0 aliphatic rings. The zero-order valence-electron chi connectivity index (χ0n) is 13.0. The van der Waals surface area contributed by atoms with Gasteiger partial charge in [-0.1, -0.05) is 35.9 Å². The summed E-state index contributed by atoms with van der Waals surface area (Å²) in [5.41, 5.74) is 1.08. The van der Waals surface area contributed by atoms with Gasteiger partial charge in [-0.25, -0.2) is 0 Å². The number of fused-ring (bicyclic) bond motifs is 1. The lowest BCUT2D eigenvalue weighted by atomic mass is 10.1. The molecular weight excluding hydrogens is 330 g/mol. The van der Waals surface area contributed by atoms with E-state index in [9.17, 15) is 14.9 Å². The van der Waals surface area contributed by atoms with E-state index in [0.29, 0.717) is 21.6 Å². The van der Waals surface area contributed by atoms with Gasteiger partial charge in [-0.05, 0) is 30.7 Å². The SMILES string of the molecule is Cc1ccc(Nc2c([N+](=O)[O-])c(=O)n(C)c3ccccc23)cc1Cl. The predicted octanol–water partition coefficient (Wildman–Crippen LogP) is 4.15. The molecule has 0 saturated heterocycles. The van der Waals surface area contributed by atoms with Crippen LogP contribution < -0.4 is 10.9 Å². The molecule has 0 unspecified atom stereocenters. The minimum atomic E-state index is -0.667. The number of aryl methyl sites for hydroxylation is 2. The maximum Gasteiger partial charge on any atom is 0.357 e. The first-order valence-electron chi connectivity index (χ1n) is 7.19. The summed E-state index contributed by atoms with van der Waals surface area (Å²) >= 11 is 6.12. The average Bonchev–Trinajstić information content (AvgIpc) is 2.55. The molecule has 0 spiro atoms. The van der Waals surface area contributed by atoms with Crippen LogP contribution in [-0.4, -0.2) is 9.49 Å². The van der Waals surface area contributed by atoms with E-state index in [-0.39, 0.29) is 5.69 Å². The molecule has 0 fully saturated rings. The van der Waals surface area contributed by atoms with E-state index in [1.165, 1.54) is 11.6 Å². The van der Waals surface area contributed by atoms with Crippen molar-refractivity contribution in [3.05, 3.63) is 73.5 Å². The van der Waals surface area contributed by atoms with Crippen LogP contribution in [0.3, 0.4) is 0 Å². The van der Waals surface area contributed by atoms with Crippen LogP contribution >= 0.6 is 11.6 Å². The number of nitrogens with zero attached hydrogens (tertiary/aromatic N) is 2. The number of anilines is 2. The van der Waals surface area contributed by atoms with Crippen LogP contribution in [0.1, 0.15) is 5.56 Å². The number of hydrogen-bond donors (Lipinski definition) is 1. The first kappa shape index (κ1) is 16.0. The van der Waals surface area contributed by atoms with Crippen LogP contribution in [0.15, 0.2) is 47.3 Å². The van der Waals surface area contributed by atoms with Gasteiger partial charge in [0.2, 0.25) is 0 Å². The lowest BCUT2D eigenvalue weighted by molar-refractivity contribution is -0.385. The molecule has 1 heterocycles. The Kier molecular flexibility index (Phi) is 3.99. The average molecular weight is 344 g/mol. The minimum absolute atomic E-state index is 0.165. The van der Waals surface area contributed by atoms with Crippen LogP contribution in [0.5, 0.6) is 0 Å². The van der Waals surface area contributed by atoms with Crippen LogP contribution in [0, 0.1) is 17.0 Å². The first-order chi connectivity index (χ1) is 11.4. The number of rotatable bonds is 3. The van der Waals surface area contributed by atoms with Crippen molar-refractivity contribution in [2.24, 2.45) is 7.05 Å². The van der Waals surface area contributed by atoms with Crippen LogP contribution in [0.4, 0.5) is 17.1 Å². The van der Waals surface area contributed by atoms with E-state index in [4.69, 9.17) is 11.6 Å². The van der Waals surface area contributed by atoms with E-state index in [1.54, 1.807) is 42.5 Å². The van der Waals surface area contributed by atoms with Crippen molar-refractivity contribution in [2.45, 2.75) is 6.92 Å². The number of halogens is 1. The van der Waals surface area contributed by atoms with Crippen molar-refractivity contribution in [3.63, 3.8) is 0 Å². The number of benzene rings is 2. The number of nitrogens with one attached hydrogen (secondary N) is 1. The van der Waals surface area contributed by atoms with Crippen LogP contribution in [-0.2, 0) is 7.05 Å². The van der Waals surface area contributed by atoms with Gasteiger partial charge in [0.15, 0.2) is 0 Å². The second-order valence-electron chi connectivity index (χ2n) is 5.45. The van der Waals surface area contributed by atoms with Gasteiger partial charge in [0.25, 0.3) is 0 Å². The fraction of sp³-hybridized carbons (Fsp3) is 0.118. The van der Waals surface area contributed by atoms with Gasteiger partial charge < -0.3 is 9.88 Å². The molecule has 7 heteroatoms. The molecular formula is C17H14ClN3O3. The third-order valence-corrected chi connectivity index (χ3v) is 4.31. The molecule has 3 aromatic rings. The van der Waals surface area contributed by atoms with Gasteiger partial charge in [-0.15, -0.1) is 0 Å². The number of para-hydroxylation sites is 1. The third kappa shape index (κ3) is 2.61. The summed E-state index contributed by atoms with van der Waals surface area (Å²) in [6.45, 7) is 1.86. The highest BCUT2D eigenvalue weighted by Gasteiger charge is 2.24. The lowest BCUT2D eigenvalue weighted by Gasteiger charge is -2.13. The van der Waals surface area contributed by atoms with Crippen LogP contribution in [0.25, 0.3) is 10.9 Å². The molecule has 6 nitrogen and oxygen atoms in total. The van der Waals surface area contributed by atoms with Gasteiger partial charge in [0, 0.05) is 23.1 Å². The summed E-state index contributed by atoms with van der Waals surface area (Å²) in [6, 6.07) is 12.3. The van der Waals surface area contributed by atoms with Crippen molar-refractivity contribution < 1.29 is 4.92 Å². The highest BCUT2D eigenvalue weighted by Crippen LogP contribution is 2.33. The Morgan fingerprint density at radius 3 is 2.58 bits per heavy atom. The number of nitro groups is 1. The predicted molar refractivity (Wildman–Crippen MR) is 95.3 cm³/mol. The van der Waals surface area contributed by atoms with Gasteiger partial charge in [0.05, 0.1) is 10.4 Å². The summed E-state index contributed by atoms with van der Waals surface area (Å²) in [7, 11) is 1.52. The monoisotopic (exact) mass is 343 g/mol. The second kappa shape index (κ2) is 5.98. The van der Waals surface area contributed by atoms with Crippen LogP contribution in [0.2, 0.25) is 5.02 Å². The molecule has 0 aliphatic carbocycles. The van der Waals surface area contributed by atoms with E-state index in [0.717, 1.165) is 5.56 Å². The zero-order chi connectivity index (χ0) is 17.4. The van der Waals surface area contributed by atoms with Gasteiger partial charge >= 0.3 is 11.2 Å². The molecule has 24 heavy (non-hydrogen) atoms. The Labute approximate surface area is 142 Å². The Hall–Kier alpha value is -2.86. The Bertz CT molecular complexity index is 1030. The molecule has 1 aromatic heterocycles. The minimum Gasteiger partial charge on any atom is -0.349 e. The first-order valence-corrected chi connectivity index (χ1v) is 7.57. The maximum atomic E-state index is 12.4. The maximum absolute atomic E-state index is 12.4. The molecule has 1 N–H and O–H groups in total. The largest absolute Gasteiger partial charge is 0.357 e. The van der Waals surface area contributed by atoms with E-state index in [1.807, 2.05) is 6.92 Å². The van der Waals surface area contributed by atoms with Crippen molar-refractivity contribution in [2.75, 3.05) is 5.32 Å². The van der Waals surface area contributed by atoms with E-state index in [2.05, 4.69) is 5.32 Å². The summed E-state index contributed by atoms with van der Waals surface area (Å²) in [5.74, 6) is 0. The molecule has 122 valence electrons. The molecule has 3 rings (SSSR count). The fourth-order valence-corrected chi connectivity index (χ4v) is 2.77. The molecule has 0 bridgehead atoms. The van der Waals surface area contributed by atoms with Crippen molar-refractivity contribution in [1.29, 1.82) is 0 Å². The number of hydrogen-bond acceptors (Lipinski definition) is 4. The van der Waals surface area contributed by atoms with E-state index < -0.39 is 16.2 Å². The van der Waals surface area contributed by atoms with Crippen molar-refractivity contribution in [3.8, 4) is 0 Å². The van der Waals surface area contributed by atoms with E-state index >= 15 is 0 Å². The van der Waals surface area contributed by atoms with Gasteiger partial charge in [-0.2, -0.15) is 0 Å². The molecule has 0 atom stereocenters. The summed E-state index contributed by atoms with van der Waals surface area (Å²) < 4.78 is 1.28. The van der Waals surface area contributed by atoms with Crippen molar-refractivity contribution in [1.82, 2.24) is 4.57 Å². The third-order valence-electron chi connectivity index (χ3n) is 3.90. The molecule has 0 amide bonds. The highest BCUT2D eigenvalue weighted by atomic mass is 35.5. The quantitative estimate of drug-likeness (QED) is 0.572. The Balaban J connectivity index is 2.30. The summed E-state index contributed by atoms with van der Waals surface area (Å²) in [4.78, 5) is 23.2. The highest BCUT2D eigenvalue weighted by molar-refractivity contribution is 6.31. The summed E-state index contributed by atoms with van der Waals surface area (Å²) in [6.07, 6.45) is 0.